The molecule has 0 spiro atoms. The minimum atomic E-state index is -0.0199. The van der Waals surface area contributed by atoms with Gasteiger partial charge in [-0.25, -0.2) is 0 Å². The Hall–Kier alpha value is -0.860. The monoisotopic (exact) mass is 460 g/mol. The molecule has 6 heteroatoms. The molecule has 0 radical (unpaired) electrons. The van der Waals surface area contributed by atoms with Gasteiger partial charge in [0.2, 0.25) is 0 Å². The van der Waals surface area contributed by atoms with Gasteiger partial charge >= 0.3 is 0 Å². The SMILES string of the molecule is CCc1cccc(CC)c1NC(N)=NCC(C)(C)N1CCOCC1.I. The van der Waals surface area contributed by atoms with E-state index in [0.29, 0.717) is 12.5 Å². The number of nitrogens with one attached hydrogen (secondary N) is 1. The molecule has 1 fully saturated rings. The van der Waals surface area contributed by atoms with Gasteiger partial charge in [0, 0.05) is 24.3 Å². The first kappa shape index (κ1) is 22.2. The van der Waals surface area contributed by atoms with Crippen molar-refractivity contribution in [2.45, 2.75) is 46.1 Å². The zero-order chi connectivity index (χ0) is 17.6. The Balaban J connectivity index is 0.00000312. The third kappa shape index (κ3) is 6.11. The maximum atomic E-state index is 6.19. The number of hydrogen-bond acceptors (Lipinski definition) is 3. The zero-order valence-corrected chi connectivity index (χ0v) is 18.3. The van der Waals surface area contributed by atoms with Gasteiger partial charge in [-0.3, -0.25) is 9.89 Å². The minimum absolute atomic E-state index is 0. The van der Waals surface area contributed by atoms with E-state index in [4.69, 9.17) is 10.5 Å². The zero-order valence-electron chi connectivity index (χ0n) is 16.0. The average molecular weight is 460 g/mol. The molecule has 25 heavy (non-hydrogen) atoms. The lowest BCUT2D eigenvalue weighted by atomic mass is 10.0. The van der Waals surface area contributed by atoms with Crippen LogP contribution in [0.2, 0.25) is 0 Å². The fourth-order valence-electron chi connectivity index (χ4n) is 3.12. The molecule has 0 saturated carbocycles. The van der Waals surface area contributed by atoms with Gasteiger partial charge in [0.25, 0.3) is 0 Å². The van der Waals surface area contributed by atoms with Crippen molar-refractivity contribution >= 4 is 35.6 Å². The maximum absolute atomic E-state index is 6.19. The highest BCUT2D eigenvalue weighted by Gasteiger charge is 2.27. The van der Waals surface area contributed by atoms with Crippen LogP contribution in [0.1, 0.15) is 38.8 Å². The highest BCUT2D eigenvalue weighted by Crippen LogP contribution is 2.22. The number of halogens is 1. The topological polar surface area (TPSA) is 62.9 Å². The Morgan fingerprint density at radius 1 is 1.20 bits per heavy atom. The predicted octanol–water partition coefficient (Wildman–Crippen LogP) is 3.27. The first-order valence-corrected chi connectivity index (χ1v) is 8.98. The van der Waals surface area contributed by atoms with Crippen LogP contribution in [0.15, 0.2) is 23.2 Å². The number of rotatable bonds is 6. The third-order valence-electron chi connectivity index (χ3n) is 4.76. The van der Waals surface area contributed by atoms with E-state index >= 15 is 0 Å². The summed E-state index contributed by atoms with van der Waals surface area (Å²) in [6.45, 7) is 12.9. The van der Waals surface area contributed by atoms with Gasteiger partial charge in [-0.15, -0.1) is 24.0 Å². The molecule has 2 rings (SSSR count). The summed E-state index contributed by atoms with van der Waals surface area (Å²) in [5.74, 6) is 0.493. The summed E-state index contributed by atoms with van der Waals surface area (Å²) in [5.41, 5.74) is 9.84. The number of para-hydroxylation sites is 1. The van der Waals surface area contributed by atoms with E-state index in [0.717, 1.165) is 44.8 Å². The number of morpholine rings is 1. The molecule has 1 heterocycles. The highest BCUT2D eigenvalue weighted by molar-refractivity contribution is 14.0. The second-order valence-corrected chi connectivity index (χ2v) is 6.90. The van der Waals surface area contributed by atoms with Crippen LogP contribution < -0.4 is 11.1 Å². The number of aliphatic imine (C=N–C) groups is 1. The number of ether oxygens (including phenoxy) is 1. The fourth-order valence-corrected chi connectivity index (χ4v) is 3.12. The van der Waals surface area contributed by atoms with Crippen LogP contribution in [0.25, 0.3) is 0 Å². The van der Waals surface area contributed by atoms with Crippen molar-refractivity contribution in [3.05, 3.63) is 29.3 Å². The van der Waals surface area contributed by atoms with Crippen molar-refractivity contribution in [2.75, 3.05) is 38.2 Å². The lowest BCUT2D eigenvalue weighted by Gasteiger charge is -2.39. The Morgan fingerprint density at radius 3 is 2.28 bits per heavy atom. The predicted molar refractivity (Wildman–Crippen MR) is 117 cm³/mol. The molecule has 1 aromatic rings. The number of anilines is 1. The van der Waals surface area contributed by atoms with Crippen LogP contribution in [0.4, 0.5) is 5.69 Å². The van der Waals surface area contributed by atoms with E-state index in [1.165, 1.54) is 11.1 Å². The highest BCUT2D eigenvalue weighted by atomic mass is 127. The molecule has 0 amide bonds. The summed E-state index contributed by atoms with van der Waals surface area (Å²) in [5, 5.41) is 3.34. The summed E-state index contributed by atoms with van der Waals surface area (Å²) < 4.78 is 5.44. The molecule has 5 nitrogen and oxygen atoms in total. The normalized spacial score (nSPS) is 16.4. The van der Waals surface area contributed by atoms with Crippen molar-refractivity contribution in [2.24, 2.45) is 10.7 Å². The summed E-state index contributed by atoms with van der Waals surface area (Å²) in [6, 6.07) is 6.40. The average Bonchev–Trinajstić information content (AvgIpc) is 2.61. The first-order valence-electron chi connectivity index (χ1n) is 8.98. The van der Waals surface area contributed by atoms with Crippen LogP contribution in [0, 0.1) is 0 Å². The van der Waals surface area contributed by atoms with Crippen LogP contribution >= 0.6 is 24.0 Å². The molecule has 0 atom stereocenters. The van der Waals surface area contributed by atoms with E-state index < -0.39 is 0 Å². The standard InChI is InChI=1S/C19H32N4O.HI/c1-5-15-8-7-9-16(6-2)17(15)22-18(20)21-14-19(3,4)23-10-12-24-13-11-23;/h7-9H,5-6,10-14H2,1-4H3,(H3,20,21,22);1H. The van der Waals surface area contributed by atoms with E-state index in [2.05, 4.69) is 61.1 Å². The van der Waals surface area contributed by atoms with Crippen molar-refractivity contribution in [3.63, 3.8) is 0 Å². The van der Waals surface area contributed by atoms with Crippen molar-refractivity contribution in [1.29, 1.82) is 0 Å². The first-order chi connectivity index (χ1) is 11.5. The Labute approximate surface area is 169 Å². The van der Waals surface area contributed by atoms with E-state index in [1.54, 1.807) is 0 Å². The van der Waals surface area contributed by atoms with Crippen LogP contribution in [0.3, 0.4) is 0 Å². The summed E-state index contributed by atoms with van der Waals surface area (Å²) in [7, 11) is 0. The van der Waals surface area contributed by atoms with Crippen molar-refractivity contribution in [1.82, 2.24) is 4.90 Å². The number of hydrogen-bond donors (Lipinski definition) is 2. The van der Waals surface area contributed by atoms with Gasteiger partial charge in [0.05, 0.1) is 19.8 Å². The molecule has 1 saturated heterocycles. The summed E-state index contributed by atoms with van der Waals surface area (Å²) in [4.78, 5) is 7.04. The molecule has 3 N–H and O–H groups in total. The molecule has 1 aliphatic heterocycles. The number of benzene rings is 1. The van der Waals surface area contributed by atoms with Gasteiger partial charge in [-0.05, 0) is 37.8 Å². The largest absolute Gasteiger partial charge is 0.379 e. The second kappa shape index (κ2) is 10.3. The Kier molecular flexibility index (Phi) is 9.16. The number of guanidine groups is 1. The van der Waals surface area contributed by atoms with Gasteiger partial charge in [0.15, 0.2) is 5.96 Å². The van der Waals surface area contributed by atoms with Gasteiger partial charge < -0.3 is 15.8 Å². The minimum Gasteiger partial charge on any atom is -0.379 e. The lowest BCUT2D eigenvalue weighted by Crippen LogP contribution is -2.52. The summed E-state index contributed by atoms with van der Waals surface area (Å²) >= 11 is 0. The summed E-state index contributed by atoms with van der Waals surface area (Å²) in [6.07, 6.45) is 1.95. The van der Waals surface area contributed by atoms with Gasteiger partial charge in [0.1, 0.15) is 0 Å². The molecule has 0 aliphatic carbocycles. The van der Waals surface area contributed by atoms with Gasteiger partial charge in [-0.2, -0.15) is 0 Å². The van der Waals surface area contributed by atoms with E-state index in [-0.39, 0.29) is 29.5 Å². The molecule has 0 unspecified atom stereocenters. The molecular weight excluding hydrogens is 427 g/mol. The molecule has 1 aromatic carbocycles. The third-order valence-corrected chi connectivity index (χ3v) is 4.76. The number of nitrogens with two attached hydrogens (primary N) is 1. The quantitative estimate of drug-likeness (QED) is 0.389. The smallest absolute Gasteiger partial charge is 0.193 e. The Morgan fingerprint density at radius 2 is 1.76 bits per heavy atom. The van der Waals surface area contributed by atoms with Crippen LogP contribution in [-0.2, 0) is 17.6 Å². The maximum Gasteiger partial charge on any atom is 0.193 e. The number of nitrogens with zero attached hydrogens (tertiary/aromatic N) is 2. The Bertz CT molecular complexity index is 546. The second-order valence-electron chi connectivity index (χ2n) is 6.90. The number of aryl methyl sites for hydroxylation is 2. The van der Waals surface area contributed by atoms with Crippen LogP contribution in [0.5, 0.6) is 0 Å². The van der Waals surface area contributed by atoms with E-state index in [1.807, 2.05) is 0 Å². The molecular formula is C19H33IN4O. The van der Waals surface area contributed by atoms with E-state index in [9.17, 15) is 0 Å². The van der Waals surface area contributed by atoms with Crippen molar-refractivity contribution in [3.8, 4) is 0 Å². The fraction of sp³-hybridized carbons (Fsp3) is 0.632. The molecule has 142 valence electrons. The molecule has 0 aromatic heterocycles. The van der Waals surface area contributed by atoms with Crippen LogP contribution in [-0.4, -0.2) is 49.2 Å². The molecule has 1 aliphatic rings. The molecule has 0 bridgehead atoms. The lowest BCUT2D eigenvalue weighted by molar-refractivity contribution is -0.00680. The van der Waals surface area contributed by atoms with Crippen molar-refractivity contribution < 1.29 is 4.74 Å². The van der Waals surface area contributed by atoms with Gasteiger partial charge in [-0.1, -0.05) is 32.0 Å².